The van der Waals surface area contributed by atoms with E-state index in [1.807, 2.05) is 0 Å². The first-order valence-corrected chi connectivity index (χ1v) is 8.49. The molecular weight excluding hydrogens is 232 g/mol. The SMILES string of the molecule is N#CC1(NC2CCCCC2)C2CC3CC(C2)CC1C3. The highest BCUT2D eigenvalue weighted by Gasteiger charge is 2.58. The molecule has 4 bridgehead atoms. The van der Waals surface area contributed by atoms with E-state index in [2.05, 4.69) is 11.4 Å². The van der Waals surface area contributed by atoms with Gasteiger partial charge in [0.25, 0.3) is 0 Å². The molecule has 0 unspecified atom stereocenters. The highest BCUT2D eigenvalue weighted by atomic mass is 15.0. The van der Waals surface area contributed by atoms with Gasteiger partial charge in [0.2, 0.25) is 0 Å². The van der Waals surface area contributed by atoms with Crippen LogP contribution in [0.3, 0.4) is 0 Å². The second-order valence-corrected chi connectivity index (χ2v) is 7.76. The van der Waals surface area contributed by atoms with Crippen molar-refractivity contribution < 1.29 is 0 Å². The Bertz CT molecular complexity index is 361. The maximum absolute atomic E-state index is 9.97. The van der Waals surface area contributed by atoms with Gasteiger partial charge in [0.1, 0.15) is 5.54 Å². The molecule has 5 saturated carbocycles. The lowest BCUT2D eigenvalue weighted by Gasteiger charge is -2.59. The van der Waals surface area contributed by atoms with Crippen molar-refractivity contribution in [3.63, 3.8) is 0 Å². The summed E-state index contributed by atoms with van der Waals surface area (Å²) in [7, 11) is 0. The normalized spacial score (nSPS) is 49.2. The molecule has 0 heterocycles. The fourth-order valence-corrected chi connectivity index (χ4v) is 5.96. The van der Waals surface area contributed by atoms with Gasteiger partial charge in [0.15, 0.2) is 0 Å². The third kappa shape index (κ3) is 1.85. The van der Waals surface area contributed by atoms with E-state index >= 15 is 0 Å². The van der Waals surface area contributed by atoms with Crippen molar-refractivity contribution in [1.82, 2.24) is 5.32 Å². The molecule has 0 radical (unpaired) electrons. The lowest BCUT2D eigenvalue weighted by Crippen LogP contribution is -2.66. The van der Waals surface area contributed by atoms with E-state index in [9.17, 15) is 5.26 Å². The zero-order valence-electron chi connectivity index (χ0n) is 11.9. The van der Waals surface area contributed by atoms with Crippen molar-refractivity contribution in [3.05, 3.63) is 0 Å². The molecule has 5 fully saturated rings. The summed E-state index contributed by atoms with van der Waals surface area (Å²) < 4.78 is 0. The molecule has 0 spiro atoms. The highest BCUT2D eigenvalue weighted by molar-refractivity contribution is 5.22. The lowest BCUT2D eigenvalue weighted by atomic mass is 9.48. The minimum atomic E-state index is -0.143. The third-order valence-corrected chi connectivity index (χ3v) is 6.66. The predicted octanol–water partition coefficient (Wildman–Crippen LogP) is 3.63. The Balaban J connectivity index is 1.57. The van der Waals surface area contributed by atoms with Gasteiger partial charge in [-0.1, -0.05) is 19.3 Å². The van der Waals surface area contributed by atoms with Gasteiger partial charge in [-0.3, -0.25) is 5.32 Å². The van der Waals surface area contributed by atoms with Gasteiger partial charge in [-0.25, -0.2) is 0 Å². The molecule has 0 saturated heterocycles. The van der Waals surface area contributed by atoms with E-state index in [4.69, 9.17) is 0 Å². The standard InChI is InChI=1S/C17H26N2/c18-11-17(19-16-4-2-1-3-5-16)14-7-12-6-13(9-14)10-15(17)8-12/h12-16,19H,1-10H2. The minimum Gasteiger partial charge on any atom is -0.296 e. The molecule has 19 heavy (non-hydrogen) atoms. The van der Waals surface area contributed by atoms with E-state index in [-0.39, 0.29) is 5.54 Å². The van der Waals surface area contributed by atoms with Gasteiger partial charge in [0, 0.05) is 6.04 Å². The van der Waals surface area contributed by atoms with Crippen LogP contribution in [0, 0.1) is 35.0 Å². The highest BCUT2D eigenvalue weighted by Crippen LogP contribution is 2.58. The van der Waals surface area contributed by atoms with Gasteiger partial charge in [-0.2, -0.15) is 5.26 Å². The fraction of sp³-hybridized carbons (Fsp3) is 0.941. The molecule has 5 aliphatic carbocycles. The molecule has 1 N–H and O–H groups in total. The van der Waals surface area contributed by atoms with Gasteiger partial charge >= 0.3 is 0 Å². The molecular formula is C17H26N2. The van der Waals surface area contributed by atoms with Crippen LogP contribution in [0.5, 0.6) is 0 Å². The van der Waals surface area contributed by atoms with Crippen molar-refractivity contribution in [3.8, 4) is 6.07 Å². The summed E-state index contributed by atoms with van der Waals surface area (Å²) >= 11 is 0. The Labute approximate surface area is 116 Å². The topological polar surface area (TPSA) is 35.8 Å². The first-order valence-electron chi connectivity index (χ1n) is 8.49. The minimum absolute atomic E-state index is 0.143. The number of hydrogen-bond donors (Lipinski definition) is 1. The Morgan fingerprint density at radius 1 is 0.842 bits per heavy atom. The van der Waals surface area contributed by atoms with Gasteiger partial charge < -0.3 is 0 Å². The second kappa shape index (κ2) is 4.48. The molecule has 0 aromatic heterocycles. The Kier molecular flexibility index (Phi) is 2.88. The van der Waals surface area contributed by atoms with Crippen molar-refractivity contribution >= 4 is 0 Å². The van der Waals surface area contributed by atoms with Crippen molar-refractivity contribution in [2.24, 2.45) is 23.7 Å². The van der Waals surface area contributed by atoms with Crippen LogP contribution in [0.2, 0.25) is 0 Å². The average Bonchev–Trinajstić information content (AvgIpc) is 2.43. The Hall–Kier alpha value is -0.550. The molecule has 0 aliphatic heterocycles. The molecule has 2 heteroatoms. The predicted molar refractivity (Wildman–Crippen MR) is 75.4 cm³/mol. The summed E-state index contributed by atoms with van der Waals surface area (Å²) in [5, 5.41) is 13.9. The smallest absolute Gasteiger partial charge is 0.112 e. The van der Waals surface area contributed by atoms with Crippen LogP contribution in [-0.2, 0) is 0 Å². The van der Waals surface area contributed by atoms with Crippen LogP contribution >= 0.6 is 0 Å². The van der Waals surface area contributed by atoms with Crippen LogP contribution in [0.15, 0.2) is 0 Å². The van der Waals surface area contributed by atoms with E-state index in [1.165, 1.54) is 64.2 Å². The van der Waals surface area contributed by atoms with Gasteiger partial charge in [-0.15, -0.1) is 0 Å². The van der Waals surface area contributed by atoms with Crippen molar-refractivity contribution in [2.45, 2.75) is 75.8 Å². The van der Waals surface area contributed by atoms with E-state index < -0.39 is 0 Å². The van der Waals surface area contributed by atoms with Crippen LogP contribution in [0.1, 0.15) is 64.2 Å². The van der Waals surface area contributed by atoms with E-state index in [0.717, 1.165) is 11.8 Å². The number of rotatable bonds is 2. The maximum Gasteiger partial charge on any atom is 0.112 e. The van der Waals surface area contributed by atoms with Crippen LogP contribution in [-0.4, -0.2) is 11.6 Å². The van der Waals surface area contributed by atoms with Crippen LogP contribution in [0.4, 0.5) is 0 Å². The quantitative estimate of drug-likeness (QED) is 0.821. The number of nitriles is 1. The summed E-state index contributed by atoms with van der Waals surface area (Å²) in [6.45, 7) is 0. The van der Waals surface area contributed by atoms with Crippen molar-refractivity contribution in [1.29, 1.82) is 5.26 Å². The maximum atomic E-state index is 9.97. The lowest BCUT2D eigenvalue weighted by molar-refractivity contribution is -0.0526. The van der Waals surface area contributed by atoms with E-state index in [1.54, 1.807) is 0 Å². The van der Waals surface area contributed by atoms with Crippen molar-refractivity contribution in [2.75, 3.05) is 0 Å². The van der Waals surface area contributed by atoms with Gasteiger partial charge in [0.05, 0.1) is 6.07 Å². The number of nitrogens with one attached hydrogen (secondary N) is 1. The zero-order valence-corrected chi connectivity index (χ0v) is 11.9. The number of hydrogen-bond acceptors (Lipinski definition) is 2. The first-order chi connectivity index (χ1) is 9.30. The van der Waals surface area contributed by atoms with Crippen LogP contribution in [0.25, 0.3) is 0 Å². The second-order valence-electron chi connectivity index (χ2n) is 7.76. The Morgan fingerprint density at radius 3 is 1.95 bits per heavy atom. The van der Waals surface area contributed by atoms with Gasteiger partial charge in [-0.05, 0) is 68.6 Å². The molecule has 5 rings (SSSR count). The first kappa shape index (κ1) is 12.2. The number of nitrogens with zero attached hydrogens (tertiary/aromatic N) is 1. The molecule has 0 aromatic carbocycles. The molecule has 0 atom stereocenters. The van der Waals surface area contributed by atoms with E-state index in [0.29, 0.717) is 17.9 Å². The summed E-state index contributed by atoms with van der Waals surface area (Å²) in [6, 6.07) is 3.43. The molecule has 2 nitrogen and oxygen atoms in total. The summed E-state index contributed by atoms with van der Waals surface area (Å²) in [5.41, 5.74) is -0.143. The molecule has 104 valence electrons. The zero-order chi connectivity index (χ0) is 12.9. The monoisotopic (exact) mass is 258 g/mol. The fourth-order valence-electron chi connectivity index (χ4n) is 5.96. The Morgan fingerprint density at radius 2 is 1.42 bits per heavy atom. The molecule has 0 aromatic rings. The molecule has 5 aliphatic rings. The summed E-state index contributed by atoms with van der Waals surface area (Å²) in [5.74, 6) is 3.24. The summed E-state index contributed by atoms with van der Waals surface area (Å²) in [6.07, 6.45) is 13.5. The molecule has 0 amide bonds. The summed E-state index contributed by atoms with van der Waals surface area (Å²) in [4.78, 5) is 0. The third-order valence-electron chi connectivity index (χ3n) is 6.66. The largest absolute Gasteiger partial charge is 0.296 e. The average molecular weight is 258 g/mol. The van der Waals surface area contributed by atoms with Crippen LogP contribution < -0.4 is 5.32 Å².